The second-order valence-corrected chi connectivity index (χ2v) is 10.2. The fraction of sp³-hybridized carbons (Fsp3) is 0.440. The van der Waals surface area contributed by atoms with Crippen LogP contribution in [0.25, 0.3) is 0 Å². The molecule has 2 amide bonds. The van der Waals surface area contributed by atoms with E-state index < -0.39 is 22.0 Å². The Morgan fingerprint density at radius 1 is 1.03 bits per heavy atom. The molecule has 0 radical (unpaired) electrons. The van der Waals surface area contributed by atoms with Crippen LogP contribution < -0.4 is 9.62 Å². The van der Waals surface area contributed by atoms with Crippen LogP contribution >= 0.6 is 0 Å². The summed E-state index contributed by atoms with van der Waals surface area (Å²) < 4.78 is 26.1. The summed E-state index contributed by atoms with van der Waals surface area (Å²) in [6.07, 6.45) is 3.44. The van der Waals surface area contributed by atoms with E-state index in [-0.39, 0.29) is 12.5 Å². The Hall–Kier alpha value is -2.87. The molecule has 0 aromatic heterocycles. The van der Waals surface area contributed by atoms with Gasteiger partial charge in [-0.05, 0) is 44.4 Å². The van der Waals surface area contributed by atoms with Crippen LogP contribution in [0.1, 0.15) is 37.8 Å². The molecular weight excluding hydrogens is 438 g/mol. The minimum atomic E-state index is -3.70. The zero-order valence-corrected chi connectivity index (χ0v) is 20.8. The highest BCUT2D eigenvalue weighted by molar-refractivity contribution is 7.92. The van der Waals surface area contributed by atoms with Crippen molar-refractivity contribution >= 4 is 27.5 Å². The number of carbonyl (C=O) groups excluding carboxylic acids is 2. The minimum Gasteiger partial charge on any atom is -0.354 e. The highest BCUT2D eigenvalue weighted by atomic mass is 32.2. The Balaban J connectivity index is 2.25. The lowest BCUT2D eigenvalue weighted by Gasteiger charge is -2.31. The number of unbranched alkanes of at least 4 members (excludes halogenated alkanes) is 1. The van der Waals surface area contributed by atoms with E-state index in [9.17, 15) is 18.0 Å². The summed E-state index contributed by atoms with van der Waals surface area (Å²) in [7, 11) is -3.70. The van der Waals surface area contributed by atoms with Crippen molar-refractivity contribution in [3.8, 4) is 0 Å². The van der Waals surface area contributed by atoms with Crippen LogP contribution in [-0.2, 0) is 26.0 Å². The van der Waals surface area contributed by atoms with Crippen molar-refractivity contribution in [1.29, 1.82) is 0 Å². The van der Waals surface area contributed by atoms with Gasteiger partial charge in [0.15, 0.2) is 0 Å². The van der Waals surface area contributed by atoms with E-state index in [1.54, 1.807) is 31.2 Å². The molecule has 1 atom stereocenters. The molecule has 0 bridgehead atoms. The highest BCUT2D eigenvalue weighted by Gasteiger charge is 2.29. The molecule has 0 aliphatic rings. The number of hydrogen-bond acceptors (Lipinski definition) is 4. The molecule has 8 heteroatoms. The van der Waals surface area contributed by atoms with Crippen LogP contribution in [0.4, 0.5) is 5.69 Å². The third kappa shape index (κ3) is 8.20. The molecule has 7 nitrogen and oxygen atoms in total. The maximum atomic E-state index is 13.4. The Bertz CT molecular complexity index is 1010. The first kappa shape index (κ1) is 26.4. The molecule has 1 unspecified atom stereocenters. The lowest BCUT2D eigenvalue weighted by molar-refractivity contribution is -0.138. The van der Waals surface area contributed by atoms with Gasteiger partial charge in [-0.2, -0.15) is 0 Å². The van der Waals surface area contributed by atoms with Gasteiger partial charge in [0.2, 0.25) is 21.8 Å². The van der Waals surface area contributed by atoms with Crippen molar-refractivity contribution in [2.45, 2.75) is 46.1 Å². The topological polar surface area (TPSA) is 86.8 Å². The molecule has 0 aliphatic heterocycles. The lowest BCUT2D eigenvalue weighted by Crippen LogP contribution is -2.52. The van der Waals surface area contributed by atoms with Crippen molar-refractivity contribution in [2.24, 2.45) is 0 Å². The molecule has 2 aromatic rings. The summed E-state index contributed by atoms with van der Waals surface area (Å²) >= 11 is 0. The van der Waals surface area contributed by atoms with Gasteiger partial charge in [-0.1, -0.05) is 61.4 Å². The second kappa shape index (κ2) is 12.4. The standard InChI is InChI=1S/C25H35N3O4S/c1-5-6-17-26-25(30)21(3)27(18-16-22-10-8-7-9-11-22)24(29)19-28(33(4,31)32)23-14-12-20(2)13-15-23/h7-15,21H,5-6,16-19H2,1-4H3,(H,26,30). The van der Waals surface area contributed by atoms with Crippen LogP contribution in [0.2, 0.25) is 0 Å². The van der Waals surface area contributed by atoms with E-state index in [2.05, 4.69) is 5.32 Å². The van der Waals surface area contributed by atoms with Crippen molar-refractivity contribution in [1.82, 2.24) is 10.2 Å². The molecule has 1 N–H and O–H groups in total. The Kier molecular flexibility index (Phi) is 9.91. The number of sulfonamides is 1. The van der Waals surface area contributed by atoms with Gasteiger partial charge in [-0.15, -0.1) is 0 Å². The zero-order valence-electron chi connectivity index (χ0n) is 20.0. The zero-order chi connectivity index (χ0) is 24.4. The fourth-order valence-electron chi connectivity index (χ4n) is 3.43. The minimum absolute atomic E-state index is 0.244. The van der Waals surface area contributed by atoms with Crippen LogP contribution in [0, 0.1) is 6.92 Å². The van der Waals surface area contributed by atoms with Crippen LogP contribution in [-0.4, -0.2) is 57.1 Å². The molecule has 0 fully saturated rings. The van der Waals surface area contributed by atoms with Gasteiger partial charge in [-0.25, -0.2) is 8.42 Å². The number of aryl methyl sites for hydroxylation is 1. The molecule has 33 heavy (non-hydrogen) atoms. The maximum absolute atomic E-state index is 13.4. The summed E-state index contributed by atoms with van der Waals surface area (Å²) in [6.45, 7) is 6.10. The third-order valence-electron chi connectivity index (χ3n) is 5.48. The number of carbonyl (C=O) groups is 2. The average molecular weight is 474 g/mol. The first-order valence-electron chi connectivity index (χ1n) is 11.3. The number of hydrogen-bond donors (Lipinski definition) is 1. The van der Waals surface area contributed by atoms with Gasteiger partial charge in [0, 0.05) is 13.1 Å². The monoisotopic (exact) mass is 473 g/mol. The second-order valence-electron chi connectivity index (χ2n) is 8.25. The summed E-state index contributed by atoms with van der Waals surface area (Å²) in [5, 5.41) is 2.87. The van der Waals surface area contributed by atoms with Gasteiger partial charge >= 0.3 is 0 Å². The molecular formula is C25H35N3O4S. The van der Waals surface area contributed by atoms with Crippen molar-refractivity contribution in [2.75, 3.05) is 30.2 Å². The molecule has 0 spiro atoms. The first-order valence-corrected chi connectivity index (χ1v) is 13.1. The molecule has 2 rings (SSSR count). The van der Waals surface area contributed by atoms with Gasteiger partial charge in [0.1, 0.15) is 12.6 Å². The largest absolute Gasteiger partial charge is 0.354 e. The van der Waals surface area contributed by atoms with Crippen LogP contribution in [0.5, 0.6) is 0 Å². The van der Waals surface area contributed by atoms with Crippen molar-refractivity contribution in [3.05, 3.63) is 65.7 Å². The van der Waals surface area contributed by atoms with E-state index in [4.69, 9.17) is 0 Å². The molecule has 0 aliphatic carbocycles. The number of nitrogens with zero attached hydrogens (tertiary/aromatic N) is 2. The number of benzene rings is 2. The summed E-state index contributed by atoms with van der Waals surface area (Å²) in [5.74, 6) is -0.666. The van der Waals surface area contributed by atoms with Gasteiger partial charge in [-0.3, -0.25) is 13.9 Å². The Labute approximate surface area is 197 Å². The smallest absolute Gasteiger partial charge is 0.244 e. The maximum Gasteiger partial charge on any atom is 0.244 e. The fourth-order valence-corrected chi connectivity index (χ4v) is 4.28. The van der Waals surface area contributed by atoms with Gasteiger partial charge in [0.25, 0.3) is 0 Å². The SMILES string of the molecule is CCCCNC(=O)C(C)N(CCc1ccccc1)C(=O)CN(c1ccc(C)cc1)S(C)(=O)=O. The molecule has 180 valence electrons. The summed E-state index contributed by atoms with van der Waals surface area (Å²) in [5.41, 5.74) is 2.44. The molecule has 2 aromatic carbocycles. The van der Waals surface area contributed by atoms with Crippen molar-refractivity contribution in [3.63, 3.8) is 0 Å². The number of nitrogens with one attached hydrogen (secondary N) is 1. The van der Waals surface area contributed by atoms with E-state index >= 15 is 0 Å². The molecule has 0 saturated heterocycles. The van der Waals surface area contributed by atoms with E-state index in [0.29, 0.717) is 25.2 Å². The summed E-state index contributed by atoms with van der Waals surface area (Å²) in [4.78, 5) is 27.6. The van der Waals surface area contributed by atoms with Crippen LogP contribution in [0.15, 0.2) is 54.6 Å². The van der Waals surface area contributed by atoms with E-state index in [0.717, 1.165) is 34.5 Å². The number of anilines is 1. The quantitative estimate of drug-likeness (QED) is 0.480. The Morgan fingerprint density at radius 2 is 1.67 bits per heavy atom. The first-order chi connectivity index (χ1) is 15.6. The number of amides is 2. The molecule has 0 heterocycles. The van der Waals surface area contributed by atoms with Crippen molar-refractivity contribution < 1.29 is 18.0 Å². The van der Waals surface area contributed by atoms with Gasteiger partial charge in [0.05, 0.1) is 11.9 Å². The van der Waals surface area contributed by atoms with Gasteiger partial charge < -0.3 is 10.2 Å². The number of rotatable bonds is 12. The predicted molar refractivity (Wildman–Crippen MR) is 133 cm³/mol. The Morgan fingerprint density at radius 3 is 2.24 bits per heavy atom. The molecule has 0 saturated carbocycles. The lowest BCUT2D eigenvalue weighted by atomic mass is 10.1. The predicted octanol–water partition coefficient (Wildman–Crippen LogP) is 3.14. The highest BCUT2D eigenvalue weighted by Crippen LogP contribution is 2.19. The van der Waals surface area contributed by atoms with E-state index in [1.165, 1.54) is 4.90 Å². The summed E-state index contributed by atoms with van der Waals surface area (Å²) in [6, 6.07) is 15.9. The average Bonchev–Trinajstić information content (AvgIpc) is 2.78. The third-order valence-corrected chi connectivity index (χ3v) is 6.62. The van der Waals surface area contributed by atoms with Crippen LogP contribution in [0.3, 0.4) is 0 Å². The normalized spacial score (nSPS) is 12.1. The van der Waals surface area contributed by atoms with E-state index in [1.807, 2.05) is 44.2 Å².